The summed E-state index contributed by atoms with van der Waals surface area (Å²) in [5.41, 5.74) is -1.18. The van der Waals surface area contributed by atoms with E-state index in [-0.39, 0.29) is 29.5 Å². The first-order valence-corrected chi connectivity index (χ1v) is 11.6. The normalized spacial score (nSPS) is 17.6. The van der Waals surface area contributed by atoms with E-state index in [1.807, 2.05) is 6.92 Å². The van der Waals surface area contributed by atoms with Gasteiger partial charge in [-0.15, -0.1) is 11.3 Å². The molecule has 0 bridgehead atoms. The fourth-order valence-corrected chi connectivity index (χ4v) is 5.13. The van der Waals surface area contributed by atoms with Crippen molar-refractivity contribution in [2.45, 2.75) is 25.8 Å². The van der Waals surface area contributed by atoms with Crippen molar-refractivity contribution in [1.29, 1.82) is 0 Å². The van der Waals surface area contributed by atoms with E-state index in [4.69, 9.17) is 0 Å². The molecule has 0 fully saturated rings. The lowest BCUT2D eigenvalue weighted by molar-refractivity contribution is -0.139. The lowest BCUT2D eigenvalue weighted by atomic mass is 9.94. The molecule has 2 aromatic heterocycles. The van der Waals surface area contributed by atoms with Gasteiger partial charge in [-0.25, -0.2) is 9.37 Å². The van der Waals surface area contributed by atoms with E-state index in [1.54, 1.807) is 32.3 Å². The number of halogens is 1. The van der Waals surface area contributed by atoms with Gasteiger partial charge in [0, 0.05) is 44.3 Å². The Labute approximate surface area is 199 Å². The van der Waals surface area contributed by atoms with E-state index in [2.05, 4.69) is 4.98 Å². The maximum absolute atomic E-state index is 13.3. The number of benzene rings is 1. The van der Waals surface area contributed by atoms with Gasteiger partial charge in [0.2, 0.25) is 11.3 Å². The van der Waals surface area contributed by atoms with Crippen LogP contribution in [-0.2, 0) is 16.8 Å². The van der Waals surface area contributed by atoms with Crippen LogP contribution in [0.25, 0.3) is 10.6 Å². The van der Waals surface area contributed by atoms with Crippen LogP contribution in [0.15, 0.2) is 41.5 Å². The molecule has 0 spiro atoms. The summed E-state index contributed by atoms with van der Waals surface area (Å²) >= 11 is 1.26. The van der Waals surface area contributed by atoms with Crippen LogP contribution in [-0.4, -0.2) is 63.5 Å². The highest BCUT2D eigenvalue weighted by Gasteiger charge is 2.46. The number of rotatable bonds is 5. The van der Waals surface area contributed by atoms with Crippen LogP contribution in [0.5, 0.6) is 5.75 Å². The van der Waals surface area contributed by atoms with E-state index >= 15 is 0 Å². The third kappa shape index (κ3) is 3.87. The molecule has 2 amide bonds. The van der Waals surface area contributed by atoms with Crippen molar-refractivity contribution in [3.8, 4) is 16.3 Å². The van der Waals surface area contributed by atoms with E-state index in [9.17, 15) is 23.9 Å². The maximum atomic E-state index is 13.3. The SMILES string of the molecule is CCN(C)C(=O)[C@]1(C)CN(C)C(=O)c2c(O)c(=O)c(-c3ncc(Cc4ccc(F)cc4)s3)cn21. The standard InChI is InChI=1S/C24H25FN4O4S/c1-5-27(3)23(33)24(2)13-28(4)22(32)18-20(31)19(30)17(12-29(18)24)21-26-11-16(34-21)10-14-6-8-15(25)9-7-14/h6-9,11-12,31H,5,10,13H2,1-4H3/t24-/m0/s1. The summed E-state index contributed by atoms with van der Waals surface area (Å²) in [4.78, 5) is 47.3. The molecule has 0 radical (unpaired) electrons. The van der Waals surface area contributed by atoms with E-state index in [0.29, 0.717) is 18.0 Å². The average molecular weight is 485 g/mol. The van der Waals surface area contributed by atoms with Crippen molar-refractivity contribution in [2.75, 3.05) is 27.2 Å². The molecule has 1 atom stereocenters. The maximum Gasteiger partial charge on any atom is 0.274 e. The van der Waals surface area contributed by atoms with Gasteiger partial charge in [0.25, 0.3) is 5.91 Å². The summed E-state index contributed by atoms with van der Waals surface area (Å²) in [6, 6.07) is 6.12. The van der Waals surface area contributed by atoms with Crippen molar-refractivity contribution >= 4 is 23.2 Å². The molecular weight excluding hydrogens is 459 g/mol. The predicted octanol–water partition coefficient (Wildman–Crippen LogP) is 2.69. The number of carbonyl (C=O) groups excluding carboxylic acids is 2. The van der Waals surface area contributed by atoms with Gasteiger partial charge < -0.3 is 19.5 Å². The molecule has 0 saturated carbocycles. The Bertz CT molecular complexity index is 1330. The lowest BCUT2D eigenvalue weighted by Crippen LogP contribution is -2.59. The third-order valence-corrected chi connectivity index (χ3v) is 7.20. The number of aromatic nitrogens is 2. The number of pyridine rings is 1. The van der Waals surface area contributed by atoms with Crippen LogP contribution in [0, 0.1) is 5.82 Å². The number of carbonyl (C=O) groups is 2. The van der Waals surface area contributed by atoms with Crippen LogP contribution >= 0.6 is 11.3 Å². The number of nitrogens with zero attached hydrogens (tertiary/aromatic N) is 4. The summed E-state index contributed by atoms with van der Waals surface area (Å²) in [5, 5.41) is 11.1. The van der Waals surface area contributed by atoms with Gasteiger partial charge in [-0.3, -0.25) is 14.4 Å². The van der Waals surface area contributed by atoms with Crippen LogP contribution in [0.3, 0.4) is 0 Å². The highest BCUT2D eigenvalue weighted by molar-refractivity contribution is 7.15. The van der Waals surface area contributed by atoms with Crippen molar-refractivity contribution in [3.05, 3.63) is 68.8 Å². The van der Waals surface area contributed by atoms with Gasteiger partial charge in [-0.1, -0.05) is 12.1 Å². The zero-order valence-corrected chi connectivity index (χ0v) is 20.1. The summed E-state index contributed by atoms with van der Waals surface area (Å²) in [5.74, 6) is -1.82. The van der Waals surface area contributed by atoms with Crippen LogP contribution in [0.4, 0.5) is 4.39 Å². The Hall–Kier alpha value is -3.53. The van der Waals surface area contributed by atoms with Gasteiger partial charge in [-0.05, 0) is 31.5 Å². The second kappa shape index (κ2) is 8.68. The molecule has 0 aliphatic carbocycles. The quantitative estimate of drug-likeness (QED) is 0.601. The molecule has 34 heavy (non-hydrogen) atoms. The Morgan fingerprint density at radius 2 is 1.97 bits per heavy atom. The first kappa shape index (κ1) is 23.6. The van der Waals surface area contributed by atoms with Gasteiger partial charge in [0.15, 0.2) is 11.4 Å². The van der Waals surface area contributed by atoms with Crippen molar-refractivity contribution in [2.24, 2.45) is 0 Å². The predicted molar refractivity (Wildman–Crippen MR) is 127 cm³/mol. The van der Waals surface area contributed by atoms with Crippen LogP contribution in [0.2, 0.25) is 0 Å². The Morgan fingerprint density at radius 1 is 1.29 bits per heavy atom. The molecule has 1 aliphatic heterocycles. The number of hydrogen-bond acceptors (Lipinski definition) is 6. The Morgan fingerprint density at radius 3 is 2.62 bits per heavy atom. The molecule has 3 aromatic rings. The third-order valence-electron chi connectivity index (χ3n) is 6.17. The summed E-state index contributed by atoms with van der Waals surface area (Å²) in [7, 11) is 3.19. The highest BCUT2D eigenvalue weighted by atomic mass is 32.1. The topological polar surface area (TPSA) is 95.7 Å². The second-order valence-electron chi connectivity index (χ2n) is 8.63. The molecule has 1 N–H and O–H groups in total. The number of likely N-dealkylation sites (N-methyl/N-ethyl adjacent to an activating group) is 2. The molecule has 178 valence electrons. The monoisotopic (exact) mass is 484 g/mol. The average Bonchev–Trinajstić information content (AvgIpc) is 3.27. The fraction of sp³-hybridized carbons (Fsp3) is 0.333. The van der Waals surface area contributed by atoms with E-state index < -0.39 is 22.6 Å². The Kier molecular flexibility index (Phi) is 6.03. The molecule has 8 nitrogen and oxygen atoms in total. The van der Waals surface area contributed by atoms with Crippen molar-refractivity contribution in [1.82, 2.24) is 19.4 Å². The van der Waals surface area contributed by atoms with Gasteiger partial charge in [0.1, 0.15) is 16.4 Å². The van der Waals surface area contributed by atoms with Crippen LogP contribution < -0.4 is 5.43 Å². The summed E-state index contributed by atoms with van der Waals surface area (Å²) < 4.78 is 14.6. The summed E-state index contributed by atoms with van der Waals surface area (Å²) in [6.07, 6.45) is 3.57. The lowest BCUT2D eigenvalue weighted by Gasteiger charge is -2.42. The zero-order chi connectivity index (χ0) is 24.8. The molecule has 0 unspecified atom stereocenters. The minimum atomic E-state index is -1.23. The molecule has 10 heteroatoms. The first-order valence-electron chi connectivity index (χ1n) is 10.8. The number of aromatic hydroxyl groups is 1. The number of thiazole rings is 1. The van der Waals surface area contributed by atoms with Gasteiger partial charge >= 0.3 is 0 Å². The number of fused-ring (bicyclic) bond motifs is 1. The van der Waals surface area contributed by atoms with Crippen LogP contribution in [0.1, 0.15) is 34.8 Å². The minimum Gasteiger partial charge on any atom is -0.503 e. The molecule has 4 rings (SSSR count). The second-order valence-corrected chi connectivity index (χ2v) is 9.74. The fourth-order valence-electron chi connectivity index (χ4n) is 4.18. The van der Waals surface area contributed by atoms with E-state index in [1.165, 1.54) is 51.1 Å². The summed E-state index contributed by atoms with van der Waals surface area (Å²) in [6.45, 7) is 4.06. The van der Waals surface area contributed by atoms with Crippen molar-refractivity contribution in [3.63, 3.8) is 0 Å². The van der Waals surface area contributed by atoms with Gasteiger partial charge in [0.05, 0.1) is 12.1 Å². The molecular formula is C24H25FN4O4S. The largest absolute Gasteiger partial charge is 0.503 e. The molecule has 1 aromatic carbocycles. The van der Waals surface area contributed by atoms with Crippen molar-refractivity contribution < 1.29 is 19.1 Å². The molecule has 1 aliphatic rings. The zero-order valence-electron chi connectivity index (χ0n) is 19.3. The number of amides is 2. The van der Waals surface area contributed by atoms with E-state index in [0.717, 1.165) is 10.4 Å². The smallest absolute Gasteiger partial charge is 0.274 e. The molecule has 0 saturated heterocycles. The number of hydrogen-bond donors (Lipinski definition) is 1. The molecule has 3 heterocycles. The minimum absolute atomic E-state index is 0.0808. The first-order chi connectivity index (χ1) is 16.1. The highest BCUT2D eigenvalue weighted by Crippen LogP contribution is 2.34. The Balaban J connectivity index is 1.82. The van der Waals surface area contributed by atoms with Gasteiger partial charge in [-0.2, -0.15) is 0 Å².